The van der Waals surface area contributed by atoms with Crippen molar-refractivity contribution in [2.24, 2.45) is 0 Å². The van der Waals surface area contributed by atoms with Gasteiger partial charge in [-0.2, -0.15) is 4.31 Å². The average molecular weight is 470 g/mol. The van der Waals surface area contributed by atoms with Crippen molar-refractivity contribution in [1.82, 2.24) is 13.9 Å². The van der Waals surface area contributed by atoms with Gasteiger partial charge in [-0.15, -0.1) is 0 Å². The first-order valence-corrected chi connectivity index (χ1v) is 12.8. The van der Waals surface area contributed by atoms with Crippen LogP contribution in [0.25, 0.3) is 0 Å². The van der Waals surface area contributed by atoms with Crippen molar-refractivity contribution < 1.29 is 26.0 Å². The lowest BCUT2D eigenvalue weighted by molar-refractivity contribution is 0.0692. The van der Waals surface area contributed by atoms with Crippen LogP contribution in [-0.4, -0.2) is 64.7 Å². The number of rotatable bonds is 7. The van der Waals surface area contributed by atoms with Crippen LogP contribution in [0.5, 0.6) is 0 Å². The van der Waals surface area contributed by atoms with Gasteiger partial charge < -0.3 is 4.90 Å². The lowest BCUT2D eigenvalue weighted by atomic mass is 10.1. The predicted octanol–water partition coefficient (Wildman–Crippen LogP) is 1.41. The van der Waals surface area contributed by atoms with Crippen LogP contribution in [0, 0.1) is 5.82 Å². The molecule has 1 amide bonds. The summed E-state index contributed by atoms with van der Waals surface area (Å²) in [5.41, 5.74) is 0.307. The zero-order valence-corrected chi connectivity index (χ0v) is 18.6. The molecule has 0 aromatic heterocycles. The molecule has 1 heterocycles. The van der Waals surface area contributed by atoms with Gasteiger partial charge in [-0.3, -0.25) is 4.79 Å². The number of carbonyl (C=O) groups excluding carboxylic acids is 1. The molecular weight excluding hydrogens is 445 g/mol. The number of carbonyl (C=O) groups is 1. The number of amides is 1. The van der Waals surface area contributed by atoms with E-state index in [9.17, 15) is 26.0 Å². The van der Waals surface area contributed by atoms with Crippen molar-refractivity contribution >= 4 is 26.0 Å². The minimum absolute atomic E-state index is 0.0798. The van der Waals surface area contributed by atoms with Gasteiger partial charge in [0.2, 0.25) is 20.0 Å². The molecule has 8 nitrogen and oxygen atoms in total. The summed E-state index contributed by atoms with van der Waals surface area (Å²) in [6.07, 6.45) is 0. The van der Waals surface area contributed by atoms with E-state index < -0.39 is 31.8 Å². The molecule has 0 radical (unpaired) electrons. The van der Waals surface area contributed by atoms with Gasteiger partial charge in [0, 0.05) is 32.7 Å². The maximum atomic E-state index is 14.3. The van der Waals surface area contributed by atoms with Gasteiger partial charge in [0.15, 0.2) is 0 Å². The molecule has 2 aromatic rings. The second-order valence-electron chi connectivity index (χ2n) is 7.08. The summed E-state index contributed by atoms with van der Waals surface area (Å²) in [6.45, 7) is 2.09. The molecule has 0 spiro atoms. The summed E-state index contributed by atoms with van der Waals surface area (Å²) in [4.78, 5) is 13.9. The summed E-state index contributed by atoms with van der Waals surface area (Å²) in [5.74, 6) is -1.65. The van der Waals surface area contributed by atoms with E-state index in [4.69, 9.17) is 0 Å². The Morgan fingerprint density at radius 1 is 1.00 bits per heavy atom. The van der Waals surface area contributed by atoms with Crippen molar-refractivity contribution in [3.8, 4) is 0 Å². The Morgan fingerprint density at radius 2 is 1.65 bits per heavy atom. The van der Waals surface area contributed by atoms with Crippen LogP contribution in [0.15, 0.2) is 53.4 Å². The monoisotopic (exact) mass is 469 g/mol. The smallest absolute Gasteiger partial charge is 0.256 e. The van der Waals surface area contributed by atoms with Gasteiger partial charge in [0.05, 0.1) is 16.2 Å². The number of piperazine rings is 1. The summed E-state index contributed by atoms with van der Waals surface area (Å²) < 4.78 is 67.6. The minimum Gasteiger partial charge on any atom is -0.336 e. The fourth-order valence-corrected chi connectivity index (χ4v) is 5.91. The van der Waals surface area contributed by atoms with Crippen molar-refractivity contribution in [2.75, 3.05) is 32.7 Å². The second-order valence-corrected chi connectivity index (χ2v) is 10.8. The second kappa shape index (κ2) is 9.43. The normalized spacial score (nSPS) is 15.7. The molecule has 1 N–H and O–H groups in total. The highest BCUT2D eigenvalue weighted by Crippen LogP contribution is 2.19. The highest BCUT2D eigenvalue weighted by Gasteiger charge is 2.30. The Bertz CT molecular complexity index is 1150. The van der Waals surface area contributed by atoms with Gasteiger partial charge in [-0.05, 0) is 23.8 Å². The highest BCUT2D eigenvalue weighted by molar-refractivity contribution is 7.89. The van der Waals surface area contributed by atoms with Gasteiger partial charge in [-0.1, -0.05) is 37.3 Å². The molecule has 0 unspecified atom stereocenters. The first-order chi connectivity index (χ1) is 14.6. The molecule has 0 aliphatic carbocycles. The largest absolute Gasteiger partial charge is 0.336 e. The fraction of sp³-hybridized carbons (Fsp3) is 0.350. The van der Waals surface area contributed by atoms with E-state index in [1.165, 1.54) is 9.21 Å². The highest BCUT2D eigenvalue weighted by atomic mass is 32.2. The van der Waals surface area contributed by atoms with E-state index in [1.807, 2.05) is 0 Å². The Hall–Kier alpha value is -2.34. The Morgan fingerprint density at radius 3 is 2.26 bits per heavy atom. The molecule has 1 aliphatic rings. The van der Waals surface area contributed by atoms with Crippen LogP contribution >= 0.6 is 0 Å². The van der Waals surface area contributed by atoms with E-state index in [0.29, 0.717) is 5.56 Å². The third kappa shape index (κ3) is 5.48. The Kier molecular flexibility index (Phi) is 7.10. The van der Waals surface area contributed by atoms with Crippen molar-refractivity contribution in [2.45, 2.75) is 17.6 Å². The quantitative estimate of drug-likeness (QED) is 0.660. The summed E-state index contributed by atoms with van der Waals surface area (Å²) in [7, 11) is -7.40. The van der Waals surface area contributed by atoms with E-state index in [0.717, 1.165) is 18.2 Å². The SMILES string of the molecule is CCNS(=O)(=O)c1ccc(F)c(C(=O)N2CCN(S(=O)(=O)Cc3ccccc3)CC2)c1. The van der Waals surface area contributed by atoms with E-state index in [1.54, 1.807) is 37.3 Å². The van der Waals surface area contributed by atoms with Gasteiger partial charge >= 0.3 is 0 Å². The lowest BCUT2D eigenvalue weighted by Gasteiger charge is -2.34. The van der Waals surface area contributed by atoms with Crippen molar-refractivity contribution in [1.29, 1.82) is 0 Å². The number of sulfonamides is 2. The number of nitrogens with one attached hydrogen (secondary N) is 1. The summed E-state index contributed by atoms with van der Waals surface area (Å²) in [6, 6.07) is 11.8. The molecule has 0 bridgehead atoms. The Balaban J connectivity index is 1.70. The van der Waals surface area contributed by atoms with Crippen molar-refractivity contribution in [3.63, 3.8) is 0 Å². The topological polar surface area (TPSA) is 104 Å². The van der Waals surface area contributed by atoms with E-state index in [2.05, 4.69) is 4.72 Å². The molecule has 3 rings (SSSR count). The molecule has 0 atom stereocenters. The molecule has 31 heavy (non-hydrogen) atoms. The van der Waals surface area contributed by atoms with Crippen LogP contribution in [0.3, 0.4) is 0 Å². The number of hydrogen-bond donors (Lipinski definition) is 1. The van der Waals surface area contributed by atoms with E-state index in [-0.39, 0.29) is 48.9 Å². The lowest BCUT2D eigenvalue weighted by Crippen LogP contribution is -2.50. The third-order valence-corrected chi connectivity index (χ3v) is 8.32. The predicted molar refractivity (Wildman–Crippen MR) is 114 cm³/mol. The average Bonchev–Trinajstić information content (AvgIpc) is 2.74. The zero-order valence-electron chi connectivity index (χ0n) is 17.0. The van der Waals surface area contributed by atoms with Gasteiger partial charge in [-0.25, -0.2) is 25.9 Å². The molecule has 11 heteroatoms. The molecule has 168 valence electrons. The van der Waals surface area contributed by atoms with Crippen LogP contribution in [0.4, 0.5) is 4.39 Å². The summed E-state index contributed by atoms with van der Waals surface area (Å²) in [5, 5.41) is 0. The molecule has 2 aromatic carbocycles. The first-order valence-electron chi connectivity index (χ1n) is 9.74. The van der Waals surface area contributed by atoms with Crippen molar-refractivity contribution in [3.05, 3.63) is 65.5 Å². The minimum atomic E-state index is -3.85. The van der Waals surface area contributed by atoms with Gasteiger partial charge in [0.1, 0.15) is 5.82 Å². The number of halogens is 1. The number of hydrogen-bond acceptors (Lipinski definition) is 5. The Labute approximate surface area is 181 Å². The molecule has 1 aliphatic heterocycles. The third-order valence-electron chi connectivity index (χ3n) is 4.92. The van der Waals surface area contributed by atoms with E-state index >= 15 is 0 Å². The molecular formula is C20H24FN3O5S2. The zero-order chi connectivity index (χ0) is 22.6. The first kappa shape index (κ1) is 23.3. The van der Waals surface area contributed by atoms with Crippen LogP contribution in [-0.2, 0) is 25.8 Å². The fourth-order valence-electron chi connectivity index (χ4n) is 3.32. The molecule has 0 saturated carbocycles. The standard InChI is InChI=1S/C20H24FN3O5S2/c1-2-22-31(28,29)17-8-9-19(21)18(14-17)20(25)23-10-12-24(13-11-23)30(26,27)15-16-6-4-3-5-7-16/h3-9,14,22H,2,10-13,15H2,1H3. The van der Waals surface area contributed by atoms with Crippen LogP contribution in [0.2, 0.25) is 0 Å². The maximum Gasteiger partial charge on any atom is 0.256 e. The maximum absolute atomic E-state index is 14.3. The van der Waals surface area contributed by atoms with Crippen LogP contribution < -0.4 is 4.72 Å². The van der Waals surface area contributed by atoms with Crippen LogP contribution in [0.1, 0.15) is 22.8 Å². The summed E-state index contributed by atoms with van der Waals surface area (Å²) >= 11 is 0. The number of benzene rings is 2. The molecule has 1 saturated heterocycles. The van der Waals surface area contributed by atoms with Gasteiger partial charge in [0.25, 0.3) is 5.91 Å². The number of nitrogens with zero attached hydrogens (tertiary/aromatic N) is 2. The molecule has 1 fully saturated rings.